The summed E-state index contributed by atoms with van der Waals surface area (Å²) in [6.45, 7) is 5.86. The molecule has 0 saturated carbocycles. The van der Waals surface area contributed by atoms with Crippen LogP contribution in [-0.2, 0) is 14.3 Å². The fraction of sp³-hybridized carbons (Fsp3) is 0.867. The number of carbonyl (C=O) groups excluding carboxylic acids is 2. The molecule has 0 radical (unpaired) electrons. The minimum Gasteiger partial charge on any atom is -0.374 e. The third kappa shape index (κ3) is 5.90. The number of likely N-dealkylation sites (N-methyl/N-ethyl adjacent to an activating group) is 1. The number of nitrogens with zero attached hydrogens (tertiary/aromatic N) is 2. The lowest BCUT2D eigenvalue weighted by molar-refractivity contribution is -0.127. The second-order valence-corrected chi connectivity index (χ2v) is 6.07. The summed E-state index contributed by atoms with van der Waals surface area (Å²) in [5.41, 5.74) is 0. The standard InChI is InChI=1S/C15H28N4O3/c1-18-8-9-22-13(12-18)10-16-11-14(20)17-5-3-7-19-6-2-4-15(19)21/h13,16H,2-12H2,1H3,(H,17,20)/t13-/m0/s1. The molecule has 0 aromatic rings. The van der Waals surface area contributed by atoms with Crippen LogP contribution in [0.5, 0.6) is 0 Å². The molecule has 7 nitrogen and oxygen atoms in total. The van der Waals surface area contributed by atoms with Gasteiger partial charge in [0.25, 0.3) is 0 Å². The topological polar surface area (TPSA) is 73.9 Å². The first kappa shape index (κ1) is 17.2. The van der Waals surface area contributed by atoms with Gasteiger partial charge in [-0.3, -0.25) is 9.59 Å². The maximum atomic E-state index is 11.7. The van der Waals surface area contributed by atoms with Crippen molar-refractivity contribution in [3.63, 3.8) is 0 Å². The summed E-state index contributed by atoms with van der Waals surface area (Å²) in [4.78, 5) is 27.2. The second kappa shape index (κ2) is 9.07. The zero-order chi connectivity index (χ0) is 15.8. The maximum Gasteiger partial charge on any atom is 0.233 e. The number of morpholine rings is 1. The zero-order valence-corrected chi connectivity index (χ0v) is 13.5. The minimum absolute atomic E-state index is 0.00286. The highest BCUT2D eigenvalue weighted by Gasteiger charge is 2.19. The van der Waals surface area contributed by atoms with Crippen LogP contribution in [0.25, 0.3) is 0 Å². The van der Waals surface area contributed by atoms with Gasteiger partial charge in [-0.25, -0.2) is 0 Å². The lowest BCUT2D eigenvalue weighted by Gasteiger charge is -2.30. The molecule has 126 valence electrons. The van der Waals surface area contributed by atoms with Crippen molar-refractivity contribution in [3.8, 4) is 0 Å². The molecule has 7 heteroatoms. The quantitative estimate of drug-likeness (QED) is 0.565. The van der Waals surface area contributed by atoms with Gasteiger partial charge in [0.2, 0.25) is 11.8 Å². The van der Waals surface area contributed by atoms with Crippen molar-refractivity contribution in [3.05, 3.63) is 0 Å². The van der Waals surface area contributed by atoms with E-state index in [0.717, 1.165) is 45.6 Å². The summed E-state index contributed by atoms with van der Waals surface area (Å²) in [7, 11) is 2.08. The molecule has 2 amide bonds. The molecule has 2 heterocycles. The number of amides is 2. The van der Waals surface area contributed by atoms with Gasteiger partial charge in [-0.15, -0.1) is 0 Å². The van der Waals surface area contributed by atoms with E-state index in [0.29, 0.717) is 26.1 Å². The van der Waals surface area contributed by atoms with Gasteiger partial charge in [-0.2, -0.15) is 0 Å². The summed E-state index contributed by atoms with van der Waals surface area (Å²) in [6.07, 6.45) is 2.61. The normalized spacial score (nSPS) is 23.0. The summed E-state index contributed by atoms with van der Waals surface area (Å²) >= 11 is 0. The fourth-order valence-corrected chi connectivity index (χ4v) is 2.84. The first-order valence-corrected chi connectivity index (χ1v) is 8.20. The SMILES string of the molecule is CN1CCO[C@@H](CNCC(=O)NCCCN2CCCC2=O)C1. The Balaban J connectivity index is 1.46. The molecule has 2 aliphatic rings. The number of nitrogens with one attached hydrogen (secondary N) is 2. The Bertz CT molecular complexity index is 378. The van der Waals surface area contributed by atoms with E-state index in [2.05, 4.69) is 22.6 Å². The molecule has 22 heavy (non-hydrogen) atoms. The molecular formula is C15H28N4O3. The van der Waals surface area contributed by atoms with Crippen LogP contribution in [0.4, 0.5) is 0 Å². The molecular weight excluding hydrogens is 284 g/mol. The van der Waals surface area contributed by atoms with Crippen molar-refractivity contribution in [2.45, 2.75) is 25.4 Å². The highest BCUT2D eigenvalue weighted by atomic mass is 16.5. The predicted octanol–water partition coefficient (Wildman–Crippen LogP) is -0.965. The molecule has 1 atom stereocenters. The van der Waals surface area contributed by atoms with Crippen molar-refractivity contribution >= 4 is 11.8 Å². The monoisotopic (exact) mass is 312 g/mol. The Kier molecular flexibility index (Phi) is 7.08. The first-order chi connectivity index (χ1) is 10.6. The van der Waals surface area contributed by atoms with Crippen LogP contribution in [-0.4, -0.2) is 87.2 Å². The molecule has 2 rings (SSSR count). The first-order valence-electron chi connectivity index (χ1n) is 8.20. The smallest absolute Gasteiger partial charge is 0.233 e. The summed E-state index contributed by atoms with van der Waals surface area (Å²) in [6, 6.07) is 0. The van der Waals surface area contributed by atoms with Gasteiger partial charge in [0, 0.05) is 45.7 Å². The molecule has 2 N–H and O–H groups in total. The van der Waals surface area contributed by atoms with Crippen LogP contribution < -0.4 is 10.6 Å². The Morgan fingerprint density at radius 3 is 3.00 bits per heavy atom. The van der Waals surface area contributed by atoms with Crippen molar-refractivity contribution in [2.24, 2.45) is 0 Å². The molecule has 0 bridgehead atoms. The largest absolute Gasteiger partial charge is 0.374 e. The van der Waals surface area contributed by atoms with Crippen LogP contribution in [0.3, 0.4) is 0 Å². The summed E-state index contributed by atoms with van der Waals surface area (Å²) < 4.78 is 5.62. The van der Waals surface area contributed by atoms with Crippen molar-refractivity contribution in [1.82, 2.24) is 20.4 Å². The highest BCUT2D eigenvalue weighted by Crippen LogP contribution is 2.09. The Morgan fingerprint density at radius 2 is 2.27 bits per heavy atom. The number of ether oxygens (including phenoxy) is 1. The van der Waals surface area contributed by atoms with Gasteiger partial charge in [0.1, 0.15) is 0 Å². The Labute approximate surface area is 132 Å². The van der Waals surface area contributed by atoms with Crippen molar-refractivity contribution < 1.29 is 14.3 Å². The van der Waals surface area contributed by atoms with Crippen molar-refractivity contribution in [1.29, 1.82) is 0 Å². The van der Waals surface area contributed by atoms with E-state index < -0.39 is 0 Å². The van der Waals surface area contributed by atoms with Gasteiger partial charge in [0.15, 0.2) is 0 Å². The molecule has 0 spiro atoms. The Morgan fingerprint density at radius 1 is 1.41 bits per heavy atom. The van der Waals surface area contributed by atoms with E-state index in [1.54, 1.807) is 0 Å². The maximum absolute atomic E-state index is 11.7. The molecule has 2 fully saturated rings. The number of carbonyl (C=O) groups is 2. The van der Waals surface area contributed by atoms with Crippen LogP contribution in [0.15, 0.2) is 0 Å². The third-order valence-corrected chi connectivity index (χ3v) is 4.10. The zero-order valence-electron chi connectivity index (χ0n) is 13.5. The number of rotatable bonds is 8. The van der Waals surface area contributed by atoms with Gasteiger partial charge >= 0.3 is 0 Å². The van der Waals surface area contributed by atoms with E-state index in [4.69, 9.17) is 4.74 Å². The van der Waals surface area contributed by atoms with E-state index >= 15 is 0 Å². The minimum atomic E-state index is -0.00286. The van der Waals surface area contributed by atoms with Crippen LogP contribution >= 0.6 is 0 Å². The van der Waals surface area contributed by atoms with E-state index in [1.807, 2.05) is 4.90 Å². The molecule has 0 aromatic heterocycles. The average Bonchev–Trinajstić information content (AvgIpc) is 2.89. The van der Waals surface area contributed by atoms with Crippen molar-refractivity contribution in [2.75, 3.05) is 59.5 Å². The van der Waals surface area contributed by atoms with Crippen LogP contribution in [0.2, 0.25) is 0 Å². The van der Waals surface area contributed by atoms with Gasteiger partial charge in [0.05, 0.1) is 19.3 Å². The van der Waals surface area contributed by atoms with E-state index in [-0.39, 0.29) is 17.9 Å². The van der Waals surface area contributed by atoms with Crippen LogP contribution in [0.1, 0.15) is 19.3 Å². The molecule has 2 saturated heterocycles. The highest BCUT2D eigenvalue weighted by molar-refractivity contribution is 5.78. The molecule has 2 aliphatic heterocycles. The number of hydrogen-bond donors (Lipinski definition) is 2. The van der Waals surface area contributed by atoms with Gasteiger partial charge in [-0.05, 0) is 19.9 Å². The van der Waals surface area contributed by atoms with E-state index in [9.17, 15) is 9.59 Å². The molecule has 0 aliphatic carbocycles. The Hall–Kier alpha value is -1.18. The number of hydrogen-bond acceptors (Lipinski definition) is 5. The third-order valence-electron chi connectivity index (χ3n) is 4.10. The predicted molar refractivity (Wildman–Crippen MR) is 83.5 cm³/mol. The molecule has 0 unspecified atom stereocenters. The lowest BCUT2D eigenvalue weighted by Crippen LogP contribution is -2.46. The molecule has 0 aromatic carbocycles. The van der Waals surface area contributed by atoms with Gasteiger partial charge < -0.3 is 25.2 Å². The number of likely N-dealkylation sites (tertiary alicyclic amines) is 1. The average molecular weight is 312 g/mol. The summed E-state index contributed by atoms with van der Waals surface area (Å²) in [5.74, 6) is 0.238. The van der Waals surface area contributed by atoms with Gasteiger partial charge in [-0.1, -0.05) is 0 Å². The lowest BCUT2D eigenvalue weighted by atomic mass is 10.3. The summed E-state index contributed by atoms with van der Waals surface area (Å²) in [5, 5.41) is 6.01. The fourth-order valence-electron chi connectivity index (χ4n) is 2.84. The van der Waals surface area contributed by atoms with Crippen LogP contribution in [0, 0.1) is 0 Å². The second-order valence-electron chi connectivity index (χ2n) is 6.07. The van der Waals surface area contributed by atoms with E-state index in [1.165, 1.54) is 0 Å².